The number of nitrogens with one attached hydrogen (secondary N) is 1. The minimum absolute atomic E-state index is 0.00233. The third kappa shape index (κ3) is 6.80. The normalized spacial score (nSPS) is 10.7. The molecule has 0 spiro atoms. The van der Waals surface area contributed by atoms with Gasteiger partial charge >= 0.3 is 5.97 Å². The highest BCUT2D eigenvalue weighted by molar-refractivity contribution is 5.81. The number of carbonyl (C=O) groups is 2. The van der Waals surface area contributed by atoms with Gasteiger partial charge < -0.3 is 10.4 Å². The third-order valence-electron chi connectivity index (χ3n) is 1.27. The van der Waals surface area contributed by atoms with Crippen molar-refractivity contribution in [3.63, 3.8) is 0 Å². The molecule has 0 fully saturated rings. The van der Waals surface area contributed by atoms with Crippen molar-refractivity contribution in [1.82, 2.24) is 5.32 Å². The first-order chi connectivity index (χ1) is 6.06. The molecular weight excluding hydrogens is 170 g/mol. The summed E-state index contributed by atoms with van der Waals surface area (Å²) in [4.78, 5) is 21.1. The molecule has 0 aromatic carbocycles. The highest BCUT2D eigenvalue weighted by atomic mass is 16.4. The molecule has 0 heterocycles. The summed E-state index contributed by atoms with van der Waals surface area (Å²) in [6.45, 7) is 5.17. The van der Waals surface area contributed by atoms with Gasteiger partial charge in [-0.25, -0.2) is 0 Å². The Hall–Kier alpha value is -1.58. The van der Waals surface area contributed by atoms with Crippen LogP contribution in [-0.4, -0.2) is 17.0 Å². The van der Waals surface area contributed by atoms with Gasteiger partial charge in [-0.2, -0.15) is 0 Å². The fraction of sp³-hybridized carbons (Fsp3) is 0.333. The first-order valence-corrected chi connectivity index (χ1v) is 3.87. The molecule has 0 aliphatic heterocycles. The fourth-order valence-electron chi connectivity index (χ4n) is 0.721. The Morgan fingerprint density at radius 1 is 1.46 bits per heavy atom. The lowest BCUT2D eigenvalue weighted by Crippen LogP contribution is -2.21. The Balaban J connectivity index is 3.81. The molecule has 0 aromatic heterocycles. The molecular formula is C9H13NO3. The SMILES string of the molecule is C=C/C=C(\C)NC(=O)CCC(=O)O. The number of aliphatic carboxylic acids is 1. The monoisotopic (exact) mass is 183 g/mol. The van der Waals surface area contributed by atoms with Crippen LogP contribution in [0.1, 0.15) is 19.8 Å². The molecule has 0 unspecified atom stereocenters. The first kappa shape index (κ1) is 11.4. The van der Waals surface area contributed by atoms with Crippen LogP contribution in [0, 0.1) is 0 Å². The average molecular weight is 183 g/mol. The molecule has 0 saturated carbocycles. The van der Waals surface area contributed by atoms with Crippen molar-refractivity contribution in [1.29, 1.82) is 0 Å². The van der Waals surface area contributed by atoms with Gasteiger partial charge in [-0.3, -0.25) is 9.59 Å². The number of carboxylic acids is 1. The molecule has 0 atom stereocenters. The van der Waals surface area contributed by atoms with E-state index in [-0.39, 0.29) is 18.7 Å². The van der Waals surface area contributed by atoms with E-state index in [1.807, 2.05) is 0 Å². The van der Waals surface area contributed by atoms with Crippen LogP contribution in [-0.2, 0) is 9.59 Å². The quantitative estimate of drug-likeness (QED) is 0.626. The van der Waals surface area contributed by atoms with Gasteiger partial charge in [-0.05, 0) is 13.0 Å². The van der Waals surface area contributed by atoms with Gasteiger partial charge in [0.1, 0.15) is 0 Å². The second-order valence-corrected chi connectivity index (χ2v) is 2.53. The van der Waals surface area contributed by atoms with Crippen molar-refractivity contribution < 1.29 is 14.7 Å². The first-order valence-electron chi connectivity index (χ1n) is 3.87. The zero-order chi connectivity index (χ0) is 10.3. The molecule has 0 bridgehead atoms. The van der Waals surface area contributed by atoms with Gasteiger partial charge in [0.15, 0.2) is 0 Å². The smallest absolute Gasteiger partial charge is 0.303 e. The molecule has 0 aromatic rings. The number of carbonyl (C=O) groups excluding carboxylic acids is 1. The molecule has 4 nitrogen and oxygen atoms in total. The molecule has 0 saturated heterocycles. The second-order valence-electron chi connectivity index (χ2n) is 2.53. The van der Waals surface area contributed by atoms with Crippen LogP contribution in [0.3, 0.4) is 0 Å². The van der Waals surface area contributed by atoms with Crippen LogP contribution in [0.25, 0.3) is 0 Å². The second kappa shape index (κ2) is 5.99. The van der Waals surface area contributed by atoms with Crippen molar-refractivity contribution in [2.75, 3.05) is 0 Å². The zero-order valence-electron chi connectivity index (χ0n) is 7.54. The summed E-state index contributed by atoms with van der Waals surface area (Å²) in [7, 11) is 0. The van der Waals surface area contributed by atoms with E-state index in [0.29, 0.717) is 5.70 Å². The fourth-order valence-corrected chi connectivity index (χ4v) is 0.721. The molecule has 13 heavy (non-hydrogen) atoms. The van der Waals surface area contributed by atoms with Gasteiger partial charge in [0.2, 0.25) is 5.91 Å². The van der Waals surface area contributed by atoms with Crippen LogP contribution in [0.5, 0.6) is 0 Å². The summed E-state index contributed by atoms with van der Waals surface area (Å²) in [5, 5.41) is 10.8. The molecule has 4 heteroatoms. The predicted octanol–water partition coefficient (Wildman–Crippen LogP) is 1.06. The number of rotatable bonds is 5. The molecule has 2 N–H and O–H groups in total. The van der Waals surface area contributed by atoms with Crippen LogP contribution in [0.4, 0.5) is 0 Å². The summed E-state index contributed by atoms with van der Waals surface area (Å²) in [5.41, 5.74) is 0.658. The van der Waals surface area contributed by atoms with Crippen LogP contribution in [0.15, 0.2) is 24.4 Å². The van der Waals surface area contributed by atoms with E-state index < -0.39 is 5.97 Å². The van der Waals surface area contributed by atoms with Crippen molar-refractivity contribution in [2.45, 2.75) is 19.8 Å². The summed E-state index contributed by atoms with van der Waals surface area (Å²) in [6.07, 6.45) is 3.04. The number of carboxylic acid groups (broad SMARTS) is 1. The highest BCUT2D eigenvalue weighted by Gasteiger charge is 2.04. The largest absolute Gasteiger partial charge is 0.481 e. The van der Waals surface area contributed by atoms with Gasteiger partial charge in [0.05, 0.1) is 6.42 Å². The Bertz CT molecular complexity index is 243. The van der Waals surface area contributed by atoms with Crippen molar-refractivity contribution in [3.8, 4) is 0 Å². The summed E-state index contributed by atoms with van der Waals surface area (Å²) in [5.74, 6) is -1.27. The Kier molecular flexibility index (Phi) is 5.27. The molecule has 72 valence electrons. The number of allylic oxidation sites excluding steroid dienone is 3. The van der Waals surface area contributed by atoms with Gasteiger partial charge in [0.25, 0.3) is 0 Å². The molecule has 0 rings (SSSR count). The van der Waals surface area contributed by atoms with E-state index in [9.17, 15) is 9.59 Å². The lowest BCUT2D eigenvalue weighted by molar-refractivity contribution is -0.138. The topological polar surface area (TPSA) is 66.4 Å². The number of amides is 1. The summed E-state index contributed by atoms with van der Waals surface area (Å²) < 4.78 is 0. The zero-order valence-corrected chi connectivity index (χ0v) is 7.54. The average Bonchev–Trinajstić information content (AvgIpc) is 2.01. The highest BCUT2D eigenvalue weighted by Crippen LogP contribution is 1.92. The lowest BCUT2D eigenvalue weighted by atomic mass is 10.3. The van der Waals surface area contributed by atoms with Crippen LogP contribution in [0.2, 0.25) is 0 Å². The molecule has 0 aliphatic carbocycles. The van der Waals surface area contributed by atoms with E-state index in [1.54, 1.807) is 19.1 Å². The van der Waals surface area contributed by atoms with E-state index in [1.165, 1.54) is 0 Å². The number of hydrogen-bond donors (Lipinski definition) is 2. The van der Waals surface area contributed by atoms with Crippen molar-refractivity contribution >= 4 is 11.9 Å². The minimum atomic E-state index is -0.972. The predicted molar refractivity (Wildman–Crippen MR) is 49.0 cm³/mol. The Morgan fingerprint density at radius 3 is 2.54 bits per heavy atom. The van der Waals surface area contributed by atoms with Gasteiger partial charge in [-0.15, -0.1) is 0 Å². The summed E-state index contributed by atoms with van der Waals surface area (Å²) >= 11 is 0. The van der Waals surface area contributed by atoms with Gasteiger partial charge in [-0.1, -0.05) is 12.7 Å². The van der Waals surface area contributed by atoms with Crippen LogP contribution >= 0.6 is 0 Å². The van der Waals surface area contributed by atoms with E-state index in [2.05, 4.69) is 11.9 Å². The molecule has 0 radical (unpaired) electrons. The van der Waals surface area contributed by atoms with Crippen LogP contribution < -0.4 is 5.32 Å². The Morgan fingerprint density at radius 2 is 2.08 bits per heavy atom. The summed E-state index contributed by atoms with van der Waals surface area (Å²) in [6, 6.07) is 0. The van der Waals surface area contributed by atoms with E-state index in [0.717, 1.165) is 0 Å². The maximum Gasteiger partial charge on any atom is 0.303 e. The lowest BCUT2D eigenvalue weighted by Gasteiger charge is -2.02. The van der Waals surface area contributed by atoms with Gasteiger partial charge in [0, 0.05) is 12.1 Å². The number of hydrogen-bond acceptors (Lipinski definition) is 2. The van der Waals surface area contributed by atoms with E-state index in [4.69, 9.17) is 5.11 Å². The maximum absolute atomic E-state index is 11.0. The Labute approximate surface area is 76.9 Å². The standard InChI is InChI=1S/C9H13NO3/c1-3-4-7(2)10-8(11)5-6-9(12)13/h3-4H,1,5-6H2,2H3,(H,10,11)(H,12,13)/b7-4+. The van der Waals surface area contributed by atoms with Crippen molar-refractivity contribution in [2.24, 2.45) is 0 Å². The van der Waals surface area contributed by atoms with E-state index >= 15 is 0 Å². The maximum atomic E-state index is 11.0. The minimum Gasteiger partial charge on any atom is -0.481 e. The van der Waals surface area contributed by atoms with Crippen molar-refractivity contribution in [3.05, 3.63) is 24.4 Å². The third-order valence-corrected chi connectivity index (χ3v) is 1.27. The molecule has 0 aliphatic rings. The molecule has 1 amide bonds.